The van der Waals surface area contributed by atoms with Gasteiger partial charge in [-0.3, -0.25) is 9.89 Å². The van der Waals surface area contributed by atoms with Crippen LogP contribution in [0.15, 0.2) is 59.8 Å². The van der Waals surface area contributed by atoms with Gasteiger partial charge in [0.25, 0.3) is 0 Å². The second-order valence-electron chi connectivity index (χ2n) is 6.25. The summed E-state index contributed by atoms with van der Waals surface area (Å²) in [7, 11) is 0. The van der Waals surface area contributed by atoms with Crippen molar-refractivity contribution in [1.82, 2.24) is 15.2 Å². The SMILES string of the molecule is CC(C)c1ccccc1NC(=O)CSc1n[nH]c(COc2ccccc2)n1. The van der Waals surface area contributed by atoms with Crippen molar-refractivity contribution in [1.29, 1.82) is 0 Å². The van der Waals surface area contributed by atoms with Crippen molar-refractivity contribution in [2.45, 2.75) is 31.5 Å². The van der Waals surface area contributed by atoms with Crippen molar-refractivity contribution in [3.05, 3.63) is 66.0 Å². The number of nitrogens with one attached hydrogen (secondary N) is 2. The molecule has 1 heterocycles. The minimum Gasteiger partial charge on any atom is -0.486 e. The van der Waals surface area contributed by atoms with E-state index in [0.717, 1.165) is 17.0 Å². The fraction of sp³-hybridized carbons (Fsp3) is 0.250. The van der Waals surface area contributed by atoms with Crippen molar-refractivity contribution in [2.24, 2.45) is 0 Å². The predicted octanol–water partition coefficient (Wildman–Crippen LogP) is 4.24. The standard InChI is InChI=1S/C20H22N4O2S/c1-14(2)16-10-6-7-11-17(16)21-19(25)13-27-20-22-18(23-24-20)12-26-15-8-4-3-5-9-15/h3-11,14H,12-13H2,1-2H3,(H,21,25)(H,22,23,24). The smallest absolute Gasteiger partial charge is 0.234 e. The monoisotopic (exact) mass is 382 g/mol. The molecule has 140 valence electrons. The number of nitrogens with zero attached hydrogens (tertiary/aromatic N) is 2. The first-order valence-electron chi connectivity index (χ1n) is 8.72. The molecule has 0 bridgehead atoms. The number of carbonyl (C=O) groups excluding carboxylic acids is 1. The summed E-state index contributed by atoms with van der Waals surface area (Å²) in [6.07, 6.45) is 0. The third-order valence-corrected chi connectivity index (χ3v) is 4.67. The topological polar surface area (TPSA) is 79.9 Å². The first kappa shape index (κ1) is 19.0. The molecule has 6 nitrogen and oxygen atoms in total. The lowest BCUT2D eigenvalue weighted by atomic mass is 10.0. The average molecular weight is 382 g/mol. The van der Waals surface area contributed by atoms with Gasteiger partial charge in [-0.1, -0.05) is 62.0 Å². The Labute approximate surface area is 162 Å². The Morgan fingerprint density at radius 3 is 2.67 bits per heavy atom. The summed E-state index contributed by atoms with van der Waals surface area (Å²) in [5.74, 6) is 1.89. The molecule has 0 atom stereocenters. The van der Waals surface area contributed by atoms with Crippen molar-refractivity contribution in [3.63, 3.8) is 0 Å². The number of thioether (sulfide) groups is 1. The van der Waals surface area contributed by atoms with E-state index in [1.54, 1.807) is 0 Å². The number of aromatic amines is 1. The van der Waals surface area contributed by atoms with Crippen LogP contribution in [0.2, 0.25) is 0 Å². The molecule has 0 radical (unpaired) electrons. The highest BCUT2D eigenvalue weighted by molar-refractivity contribution is 7.99. The van der Waals surface area contributed by atoms with Crippen LogP contribution in [0.5, 0.6) is 5.75 Å². The lowest BCUT2D eigenvalue weighted by Crippen LogP contribution is -2.15. The molecule has 2 N–H and O–H groups in total. The number of aromatic nitrogens is 3. The highest BCUT2D eigenvalue weighted by Crippen LogP contribution is 2.24. The van der Waals surface area contributed by atoms with E-state index in [4.69, 9.17) is 4.74 Å². The Morgan fingerprint density at radius 2 is 1.89 bits per heavy atom. The number of carbonyl (C=O) groups is 1. The maximum atomic E-state index is 12.3. The molecule has 0 aliphatic heterocycles. The largest absolute Gasteiger partial charge is 0.486 e. The van der Waals surface area contributed by atoms with Crippen LogP contribution in [-0.4, -0.2) is 26.8 Å². The van der Waals surface area contributed by atoms with Gasteiger partial charge in [0.2, 0.25) is 11.1 Å². The van der Waals surface area contributed by atoms with Gasteiger partial charge in [0, 0.05) is 5.69 Å². The molecular weight excluding hydrogens is 360 g/mol. The third kappa shape index (κ3) is 5.59. The Kier molecular flexibility index (Phi) is 6.49. The second-order valence-corrected chi connectivity index (χ2v) is 7.19. The molecule has 3 rings (SSSR count). The third-order valence-electron chi connectivity index (χ3n) is 3.82. The lowest BCUT2D eigenvalue weighted by Gasteiger charge is -2.13. The van der Waals surface area contributed by atoms with Crippen LogP contribution in [0.3, 0.4) is 0 Å². The maximum absolute atomic E-state index is 12.3. The summed E-state index contributed by atoms with van der Waals surface area (Å²) >= 11 is 1.28. The van der Waals surface area contributed by atoms with E-state index in [-0.39, 0.29) is 11.7 Å². The highest BCUT2D eigenvalue weighted by atomic mass is 32.2. The Hall–Kier alpha value is -2.80. The normalized spacial score (nSPS) is 10.8. The van der Waals surface area contributed by atoms with Gasteiger partial charge < -0.3 is 10.1 Å². The van der Waals surface area contributed by atoms with Crippen LogP contribution in [0.1, 0.15) is 31.2 Å². The number of anilines is 1. The fourth-order valence-corrected chi connectivity index (χ4v) is 3.12. The minimum atomic E-state index is -0.0833. The quantitative estimate of drug-likeness (QED) is 0.570. The number of ether oxygens (including phenoxy) is 1. The van der Waals surface area contributed by atoms with Crippen LogP contribution in [0, 0.1) is 0 Å². The van der Waals surface area contributed by atoms with Gasteiger partial charge in [0.1, 0.15) is 12.4 Å². The molecular formula is C20H22N4O2S. The summed E-state index contributed by atoms with van der Waals surface area (Å²) in [4.78, 5) is 16.6. The van der Waals surface area contributed by atoms with Gasteiger partial charge in [-0.2, -0.15) is 0 Å². The number of amides is 1. The molecule has 0 spiro atoms. The second kappa shape index (κ2) is 9.23. The van der Waals surface area contributed by atoms with Crippen LogP contribution in [-0.2, 0) is 11.4 Å². The molecule has 1 aromatic heterocycles. The number of benzene rings is 2. The summed E-state index contributed by atoms with van der Waals surface area (Å²) in [6.45, 7) is 4.50. The van der Waals surface area contributed by atoms with E-state index >= 15 is 0 Å². The maximum Gasteiger partial charge on any atom is 0.234 e. The van der Waals surface area contributed by atoms with Crippen molar-refractivity contribution < 1.29 is 9.53 Å². The minimum absolute atomic E-state index is 0.0833. The zero-order chi connectivity index (χ0) is 19.1. The van der Waals surface area contributed by atoms with E-state index in [2.05, 4.69) is 34.3 Å². The summed E-state index contributed by atoms with van der Waals surface area (Å²) in [5.41, 5.74) is 1.97. The Morgan fingerprint density at radius 1 is 1.15 bits per heavy atom. The number of para-hydroxylation sites is 2. The molecule has 0 saturated heterocycles. The van der Waals surface area contributed by atoms with Gasteiger partial charge in [0.05, 0.1) is 5.75 Å². The molecule has 0 aliphatic rings. The van der Waals surface area contributed by atoms with E-state index in [9.17, 15) is 4.79 Å². The lowest BCUT2D eigenvalue weighted by molar-refractivity contribution is -0.113. The molecule has 0 fully saturated rings. The van der Waals surface area contributed by atoms with Crippen molar-refractivity contribution >= 4 is 23.4 Å². The first-order valence-corrected chi connectivity index (χ1v) is 9.71. The first-order chi connectivity index (χ1) is 13.1. The van der Waals surface area contributed by atoms with E-state index in [1.807, 2.05) is 54.6 Å². The summed E-state index contributed by atoms with van der Waals surface area (Å²) in [5, 5.41) is 10.4. The number of rotatable bonds is 8. The molecule has 0 saturated carbocycles. The highest BCUT2D eigenvalue weighted by Gasteiger charge is 2.11. The average Bonchev–Trinajstić information content (AvgIpc) is 3.14. The van der Waals surface area contributed by atoms with Crippen LogP contribution in [0.4, 0.5) is 5.69 Å². The number of H-pyrrole nitrogens is 1. The van der Waals surface area contributed by atoms with Gasteiger partial charge in [0.15, 0.2) is 5.82 Å². The van der Waals surface area contributed by atoms with Crippen LogP contribution in [0.25, 0.3) is 0 Å². The van der Waals surface area contributed by atoms with Crippen molar-refractivity contribution in [3.8, 4) is 5.75 Å². The van der Waals surface area contributed by atoms with Gasteiger partial charge in [-0.15, -0.1) is 5.10 Å². The molecule has 1 amide bonds. The van der Waals surface area contributed by atoms with Gasteiger partial charge in [-0.25, -0.2) is 4.98 Å². The Bertz CT molecular complexity index is 880. The van der Waals surface area contributed by atoms with E-state index < -0.39 is 0 Å². The Balaban J connectivity index is 1.49. The molecule has 0 aliphatic carbocycles. The molecule has 3 aromatic rings. The van der Waals surface area contributed by atoms with Gasteiger partial charge in [-0.05, 0) is 29.7 Å². The molecule has 0 unspecified atom stereocenters. The predicted molar refractivity (Wildman–Crippen MR) is 107 cm³/mol. The summed E-state index contributed by atoms with van der Waals surface area (Å²) in [6, 6.07) is 17.4. The fourth-order valence-electron chi connectivity index (χ4n) is 2.51. The number of hydrogen-bond acceptors (Lipinski definition) is 5. The van der Waals surface area contributed by atoms with Gasteiger partial charge >= 0.3 is 0 Å². The zero-order valence-corrected chi connectivity index (χ0v) is 16.1. The van der Waals surface area contributed by atoms with Crippen molar-refractivity contribution in [2.75, 3.05) is 11.1 Å². The summed E-state index contributed by atoms with van der Waals surface area (Å²) < 4.78 is 5.62. The van der Waals surface area contributed by atoms with Crippen LogP contribution >= 0.6 is 11.8 Å². The van der Waals surface area contributed by atoms with E-state index in [1.165, 1.54) is 11.8 Å². The molecule has 7 heteroatoms. The molecule has 2 aromatic carbocycles. The number of hydrogen-bond donors (Lipinski definition) is 2. The van der Waals surface area contributed by atoms with Crippen LogP contribution < -0.4 is 10.1 Å². The molecule has 27 heavy (non-hydrogen) atoms. The zero-order valence-electron chi connectivity index (χ0n) is 15.3. The van der Waals surface area contributed by atoms with E-state index in [0.29, 0.717) is 23.5 Å².